The Bertz CT molecular complexity index is 691. The summed E-state index contributed by atoms with van der Waals surface area (Å²) in [6, 6.07) is 7.36. The van der Waals surface area contributed by atoms with Gasteiger partial charge in [0.15, 0.2) is 5.78 Å². The number of amides is 1. The number of carbonyl (C=O) groups excluding carboxylic acids is 2. The third kappa shape index (κ3) is 3.24. The molecule has 3 nitrogen and oxygen atoms in total. The molecule has 1 aliphatic rings. The lowest BCUT2D eigenvalue weighted by Gasteiger charge is -2.15. The van der Waals surface area contributed by atoms with Crippen LogP contribution in [0.2, 0.25) is 0 Å². The first-order chi connectivity index (χ1) is 9.90. The molecule has 0 radical (unpaired) electrons. The minimum Gasteiger partial charge on any atom is -0.290 e. The maximum absolute atomic E-state index is 12.3. The maximum atomic E-state index is 12.3. The van der Waals surface area contributed by atoms with Gasteiger partial charge in [-0.1, -0.05) is 32.0 Å². The highest BCUT2D eigenvalue weighted by Crippen LogP contribution is 2.20. The molecule has 0 atom stereocenters. The molecule has 1 aromatic carbocycles. The number of benzene rings is 1. The number of hydrogen-bond acceptors (Lipinski definition) is 2. The smallest absolute Gasteiger partial charge is 0.277 e. The van der Waals surface area contributed by atoms with Crippen molar-refractivity contribution >= 4 is 17.4 Å². The molecule has 0 aromatic heterocycles. The van der Waals surface area contributed by atoms with Crippen molar-refractivity contribution in [2.75, 3.05) is 0 Å². The Kier molecular flexibility index (Phi) is 4.32. The van der Waals surface area contributed by atoms with Gasteiger partial charge in [-0.3, -0.25) is 9.59 Å². The van der Waals surface area contributed by atoms with E-state index in [-0.39, 0.29) is 17.6 Å². The molecule has 0 heterocycles. The van der Waals surface area contributed by atoms with Crippen molar-refractivity contribution in [2.45, 2.75) is 27.7 Å². The topological polar surface area (TPSA) is 46.5 Å². The van der Waals surface area contributed by atoms with Crippen molar-refractivity contribution in [1.29, 1.82) is 0 Å². The zero-order chi connectivity index (χ0) is 15.6. The Labute approximate surface area is 125 Å². The van der Waals surface area contributed by atoms with E-state index >= 15 is 0 Å². The summed E-state index contributed by atoms with van der Waals surface area (Å²) in [6.45, 7) is 7.60. The minimum atomic E-state index is -0.274. The Morgan fingerprint density at radius 1 is 1.10 bits per heavy atom. The number of aryl methyl sites for hydroxylation is 1. The molecule has 0 fully saturated rings. The van der Waals surface area contributed by atoms with E-state index in [1.807, 2.05) is 39.0 Å². The lowest BCUT2D eigenvalue weighted by atomic mass is 9.90. The number of ketones is 1. The molecule has 1 aliphatic carbocycles. The van der Waals surface area contributed by atoms with Crippen molar-refractivity contribution < 1.29 is 9.59 Å². The summed E-state index contributed by atoms with van der Waals surface area (Å²) in [5, 5.41) is 0. The molecule has 108 valence electrons. The van der Waals surface area contributed by atoms with Crippen LogP contribution in [0.25, 0.3) is 0 Å². The van der Waals surface area contributed by atoms with Crippen LogP contribution in [0.1, 0.15) is 36.7 Å². The molecule has 1 aromatic rings. The van der Waals surface area contributed by atoms with Crippen LogP contribution in [-0.4, -0.2) is 17.4 Å². The highest BCUT2D eigenvalue weighted by Gasteiger charge is 2.19. The summed E-state index contributed by atoms with van der Waals surface area (Å²) in [7, 11) is 0. The Morgan fingerprint density at radius 2 is 1.76 bits per heavy atom. The van der Waals surface area contributed by atoms with Crippen LogP contribution in [0.3, 0.4) is 0 Å². The first-order valence-corrected chi connectivity index (χ1v) is 7.03. The highest BCUT2D eigenvalue weighted by atomic mass is 16.1. The predicted octanol–water partition coefficient (Wildman–Crippen LogP) is 3.69. The Hall–Kier alpha value is -2.29. The fourth-order valence-electron chi connectivity index (χ4n) is 2.24. The van der Waals surface area contributed by atoms with Gasteiger partial charge in [0.05, 0.1) is 5.71 Å². The Morgan fingerprint density at radius 3 is 2.38 bits per heavy atom. The van der Waals surface area contributed by atoms with E-state index in [2.05, 4.69) is 4.99 Å². The van der Waals surface area contributed by atoms with Gasteiger partial charge in [0.25, 0.3) is 5.91 Å². The van der Waals surface area contributed by atoms with Crippen molar-refractivity contribution in [1.82, 2.24) is 0 Å². The van der Waals surface area contributed by atoms with Gasteiger partial charge in [-0.25, -0.2) is 4.99 Å². The molecule has 0 saturated heterocycles. The summed E-state index contributed by atoms with van der Waals surface area (Å²) >= 11 is 0. The normalized spacial score (nSPS) is 17.0. The molecule has 0 saturated carbocycles. The van der Waals surface area contributed by atoms with E-state index in [4.69, 9.17) is 0 Å². The second-order valence-electron chi connectivity index (χ2n) is 5.56. The Balaban J connectivity index is 2.40. The SMILES string of the molecule is CC1=CC(=O)C(C(C)C)=CC1=NC(=O)c1ccccc1C. The predicted molar refractivity (Wildman–Crippen MR) is 84.6 cm³/mol. The second kappa shape index (κ2) is 6.00. The minimum absolute atomic E-state index is 0.00444. The lowest BCUT2D eigenvalue weighted by molar-refractivity contribution is -0.111. The lowest BCUT2D eigenvalue weighted by Crippen LogP contribution is -2.16. The van der Waals surface area contributed by atoms with Gasteiger partial charge in [0.2, 0.25) is 0 Å². The molecule has 0 spiro atoms. The van der Waals surface area contributed by atoms with Crippen LogP contribution in [-0.2, 0) is 4.79 Å². The number of rotatable bonds is 2. The standard InChI is InChI=1S/C18H19NO2/c1-11(2)15-10-16(13(4)9-17(15)20)19-18(21)14-8-6-5-7-12(14)3/h5-11H,1-4H3. The summed E-state index contributed by atoms with van der Waals surface area (Å²) in [6.07, 6.45) is 3.29. The van der Waals surface area contributed by atoms with Crippen LogP contribution in [0.5, 0.6) is 0 Å². The molecular weight excluding hydrogens is 262 g/mol. The molecule has 0 unspecified atom stereocenters. The number of allylic oxidation sites excluding steroid dienone is 4. The number of nitrogens with zero attached hydrogens (tertiary/aromatic N) is 1. The van der Waals surface area contributed by atoms with E-state index in [1.54, 1.807) is 25.1 Å². The van der Waals surface area contributed by atoms with E-state index in [0.29, 0.717) is 16.8 Å². The van der Waals surface area contributed by atoms with E-state index in [0.717, 1.165) is 11.1 Å². The molecule has 2 rings (SSSR count). The zero-order valence-electron chi connectivity index (χ0n) is 12.8. The number of aliphatic imine (C=N–C) groups is 1. The van der Waals surface area contributed by atoms with Gasteiger partial charge in [0, 0.05) is 11.1 Å². The monoisotopic (exact) mass is 281 g/mol. The molecule has 1 amide bonds. The van der Waals surface area contributed by atoms with E-state index < -0.39 is 0 Å². The maximum Gasteiger partial charge on any atom is 0.277 e. The van der Waals surface area contributed by atoms with Crippen LogP contribution in [0.4, 0.5) is 0 Å². The van der Waals surface area contributed by atoms with E-state index in [9.17, 15) is 9.59 Å². The summed E-state index contributed by atoms with van der Waals surface area (Å²) < 4.78 is 0. The summed E-state index contributed by atoms with van der Waals surface area (Å²) in [5.74, 6) is -0.157. The summed E-state index contributed by atoms with van der Waals surface area (Å²) in [4.78, 5) is 28.4. The largest absolute Gasteiger partial charge is 0.290 e. The van der Waals surface area contributed by atoms with Crippen molar-refractivity contribution in [2.24, 2.45) is 10.9 Å². The van der Waals surface area contributed by atoms with Crippen molar-refractivity contribution in [3.63, 3.8) is 0 Å². The molecule has 3 heteroatoms. The van der Waals surface area contributed by atoms with Gasteiger partial charge in [0.1, 0.15) is 0 Å². The fraction of sp³-hybridized carbons (Fsp3) is 0.278. The molecule has 0 aliphatic heterocycles. The van der Waals surface area contributed by atoms with Crippen molar-refractivity contribution in [3.05, 3.63) is 58.7 Å². The van der Waals surface area contributed by atoms with Gasteiger partial charge in [-0.05, 0) is 49.1 Å². The molecule has 21 heavy (non-hydrogen) atoms. The van der Waals surface area contributed by atoms with Gasteiger partial charge in [-0.15, -0.1) is 0 Å². The fourth-order valence-corrected chi connectivity index (χ4v) is 2.24. The van der Waals surface area contributed by atoms with Crippen LogP contribution >= 0.6 is 0 Å². The van der Waals surface area contributed by atoms with Crippen LogP contribution in [0.15, 0.2) is 52.6 Å². The third-order valence-corrected chi connectivity index (χ3v) is 3.55. The van der Waals surface area contributed by atoms with E-state index in [1.165, 1.54) is 0 Å². The molecule has 0 bridgehead atoms. The first-order valence-electron chi connectivity index (χ1n) is 7.03. The van der Waals surface area contributed by atoms with Crippen LogP contribution < -0.4 is 0 Å². The highest BCUT2D eigenvalue weighted by molar-refractivity contribution is 6.24. The van der Waals surface area contributed by atoms with Crippen molar-refractivity contribution in [3.8, 4) is 0 Å². The second-order valence-corrected chi connectivity index (χ2v) is 5.56. The third-order valence-electron chi connectivity index (χ3n) is 3.55. The average molecular weight is 281 g/mol. The first kappa shape index (κ1) is 15.1. The van der Waals surface area contributed by atoms with Gasteiger partial charge < -0.3 is 0 Å². The van der Waals surface area contributed by atoms with Crippen LogP contribution in [0, 0.1) is 12.8 Å². The quantitative estimate of drug-likeness (QED) is 0.776. The van der Waals surface area contributed by atoms with Gasteiger partial charge >= 0.3 is 0 Å². The van der Waals surface area contributed by atoms with Gasteiger partial charge in [-0.2, -0.15) is 0 Å². The number of carbonyl (C=O) groups is 2. The average Bonchev–Trinajstić information content (AvgIpc) is 2.41. The molecule has 0 N–H and O–H groups in total. The summed E-state index contributed by atoms with van der Waals surface area (Å²) in [5.41, 5.74) is 3.48. The molecular formula is C18H19NO2. The number of hydrogen-bond donors (Lipinski definition) is 0. The zero-order valence-corrected chi connectivity index (χ0v) is 12.8.